The highest BCUT2D eigenvalue weighted by molar-refractivity contribution is 6.31. The average Bonchev–Trinajstić information content (AvgIpc) is 3.25. The second kappa shape index (κ2) is 11.2. The van der Waals surface area contributed by atoms with E-state index in [2.05, 4.69) is 10.3 Å². The van der Waals surface area contributed by atoms with Crippen LogP contribution in [0.5, 0.6) is 0 Å². The van der Waals surface area contributed by atoms with Gasteiger partial charge in [0.2, 0.25) is 5.91 Å². The van der Waals surface area contributed by atoms with Crippen molar-refractivity contribution in [3.05, 3.63) is 101 Å². The van der Waals surface area contributed by atoms with Crippen LogP contribution in [0.3, 0.4) is 0 Å². The van der Waals surface area contributed by atoms with Gasteiger partial charge < -0.3 is 20.9 Å². The number of benzene rings is 3. The third kappa shape index (κ3) is 5.70. The second-order valence-electron chi connectivity index (χ2n) is 8.16. The fourth-order valence-electron chi connectivity index (χ4n) is 4.15. The van der Waals surface area contributed by atoms with E-state index in [1.807, 2.05) is 18.2 Å². The van der Waals surface area contributed by atoms with E-state index in [0.29, 0.717) is 28.2 Å². The van der Waals surface area contributed by atoms with Gasteiger partial charge in [0.05, 0.1) is 0 Å². The number of fused-ring (bicyclic) bond motifs is 1. The van der Waals surface area contributed by atoms with Crippen LogP contribution in [0.25, 0.3) is 10.9 Å². The molecule has 0 aliphatic heterocycles. The number of rotatable bonds is 9. The first-order chi connectivity index (χ1) is 17.0. The summed E-state index contributed by atoms with van der Waals surface area (Å²) in [5.74, 6) is -0.968. The lowest BCUT2D eigenvalue weighted by molar-refractivity contribution is -0.138. The van der Waals surface area contributed by atoms with Gasteiger partial charge in [0.1, 0.15) is 11.9 Å². The van der Waals surface area contributed by atoms with Gasteiger partial charge in [-0.15, -0.1) is 0 Å². The molecule has 0 aliphatic rings. The summed E-state index contributed by atoms with van der Waals surface area (Å²) in [5.41, 5.74) is 8.41. The van der Waals surface area contributed by atoms with Crippen molar-refractivity contribution >= 4 is 40.0 Å². The maximum Gasteiger partial charge on any atom is 0.251 e. The van der Waals surface area contributed by atoms with Crippen LogP contribution in [0.4, 0.5) is 10.1 Å². The number of para-hydroxylation sites is 1. The van der Waals surface area contributed by atoms with E-state index in [0.717, 1.165) is 10.9 Å². The smallest absolute Gasteiger partial charge is 0.251 e. The fraction of sp³-hybridized carbons (Fsp3) is 0.185. The van der Waals surface area contributed by atoms with Crippen LogP contribution in [0, 0.1) is 5.82 Å². The van der Waals surface area contributed by atoms with E-state index in [1.165, 1.54) is 17.0 Å². The summed E-state index contributed by atoms with van der Waals surface area (Å²) in [7, 11) is 0. The molecule has 0 aliphatic carbocycles. The van der Waals surface area contributed by atoms with Crippen molar-refractivity contribution in [2.75, 3.05) is 18.4 Å². The monoisotopic (exact) mass is 492 g/mol. The molecule has 1 unspecified atom stereocenters. The summed E-state index contributed by atoms with van der Waals surface area (Å²) in [6.07, 6.45) is 2.32. The predicted octanol–water partition coefficient (Wildman–Crippen LogP) is 5.06. The van der Waals surface area contributed by atoms with Gasteiger partial charge in [-0.05, 0) is 48.4 Å². The van der Waals surface area contributed by atoms with Crippen molar-refractivity contribution in [2.45, 2.75) is 18.9 Å². The van der Waals surface area contributed by atoms with Crippen LogP contribution < -0.4 is 11.1 Å². The minimum Gasteiger partial charge on any atom is -0.361 e. The van der Waals surface area contributed by atoms with Gasteiger partial charge in [-0.3, -0.25) is 9.59 Å². The van der Waals surface area contributed by atoms with Crippen molar-refractivity contribution in [1.29, 1.82) is 0 Å². The average molecular weight is 493 g/mol. The number of aromatic nitrogens is 1. The lowest BCUT2D eigenvalue weighted by Crippen LogP contribution is -2.43. The predicted molar refractivity (Wildman–Crippen MR) is 137 cm³/mol. The molecule has 0 radical (unpaired) electrons. The van der Waals surface area contributed by atoms with E-state index < -0.39 is 6.04 Å². The summed E-state index contributed by atoms with van der Waals surface area (Å²) >= 11 is 6.50. The quantitative estimate of drug-likeness (QED) is 0.305. The molecule has 3 aromatic carbocycles. The molecule has 1 heterocycles. The summed E-state index contributed by atoms with van der Waals surface area (Å²) < 4.78 is 13.6. The molecule has 4 N–H and O–H groups in total. The molecule has 1 aromatic heterocycles. The number of nitrogens with zero attached hydrogens (tertiary/aromatic N) is 1. The zero-order chi connectivity index (χ0) is 24.8. The number of carbonyl (C=O) groups is 2. The molecule has 0 spiro atoms. The van der Waals surface area contributed by atoms with Gasteiger partial charge in [0.15, 0.2) is 0 Å². The van der Waals surface area contributed by atoms with E-state index in [1.54, 1.807) is 48.7 Å². The summed E-state index contributed by atoms with van der Waals surface area (Å²) in [6.45, 7) is 0.387. The Morgan fingerprint density at radius 2 is 1.80 bits per heavy atom. The van der Waals surface area contributed by atoms with E-state index in [-0.39, 0.29) is 37.1 Å². The van der Waals surface area contributed by atoms with Crippen LogP contribution in [0.15, 0.2) is 79.0 Å². The summed E-state index contributed by atoms with van der Waals surface area (Å²) in [6, 6.07) is 19.6. The zero-order valence-electron chi connectivity index (χ0n) is 19.0. The molecular formula is C27H26ClFN4O2. The number of aromatic amines is 1. The van der Waals surface area contributed by atoms with Gasteiger partial charge in [0.25, 0.3) is 5.91 Å². The molecule has 1 atom stereocenters. The van der Waals surface area contributed by atoms with Crippen molar-refractivity contribution in [3.8, 4) is 0 Å². The Labute approximate surface area is 207 Å². The van der Waals surface area contributed by atoms with Crippen LogP contribution in [0.1, 0.15) is 23.6 Å². The van der Waals surface area contributed by atoms with Crippen molar-refractivity contribution < 1.29 is 14.0 Å². The standard InChI is InChI=1S/C27H26ClFN4O2/c28-23-9-5-4-8-22(23)26(27(35)32-20-6-2-1-3-7-20)33(25(34)12-14-30)15-13-18-17-31-24-16-19(29)10-11-21(18)24/h1-11,16-17,26,31H,12-15,30H2,(H,32,35). The van der Waals surface area contributed by atoms with E-state index >= 15 is 0 Å². The molecule has 0 saturated heterocycles. The highest BCUT2D eigenvalue weighted by atomic mass is 35.5. The first-order valence-electron chi connectivity index (χ1n) is 11.3. The minimum absolute atomic E-state index is 0.0820. The van der Waals surface area contributed by atoms with Crippen molar-refractivity contribution in [2.24, 2.45) is 5.73 Å². The first-order valence-corrected chi connectivity index (χ1v) is 11.7. The maximum absolute atomic E-state index is 13.6. The van der Waals surface area contributed by atoms with E-state index in [9.17, 15) is 14.0 Å². The van der Waals surface area contributed by atoms with E-state index in [4.69, 9.17) is 17.3 Å². The van der Waals surface area contributed by atoms with Crippen LogP contribution in [-0.4, -0.2) is 34.8 Å². The number of H-pyrrole nitrogens is 1. The van der Waals surface area contributed by atoms with Crippen LogP contribution in [-0.2, 0) is 16.0 Å². The Morgan fingerprint density at radius 1 is 1.06 bits per heavy atom. The molecule has 0 bridgehead atoms. The molecule has 6 nitrogen and oxygen atoms in total. The number of nitrogens with one attached hydrogen (secondary N) is 2. The second-order valence-corrected chi connectivity index (χ2v) is 8.57. The van der Waals surface area contributed by atoms with Gasteiger partial charge in [-0.2, -0.15) is 0 Å². The lowest BCUT2D eigenvalue weighted by Gasteiger charge is -2.32. The van der Waals surface area contributed by atoms with Crippen LogP contribution in [0.2, 0.25) is 5.02 Å². The normalized spacial score (nSPS) is 11.9. The molecule has 8 heteroatoms. The topological polar surface area (TPSA) is 91.2 Å². The molecule has 2 amide bonds. The molecule has 180 valence electrons. The number of halogens is 2. The van der Waals surface area contributed by atoms with Gasteiger partial charge in [-0.1, -0.05) is 48.0 Å². The van der Waals surface area contributed by atoms with Gasteiger partial charge in [0, 0.05) is 52.9 Å². The molecular weight excluding hydrogens is 467 g/mol. The maximum atomic E-state index is 13.6. The highest BCUT2D eigenvalue weighted by Gasteiger charge is 2.32. The number of nitrogens with two attached hydrogens (primary N) is 1. The molecule has 0 saturated carbocycles. The Morgan fingerprint density at radius 3 is 2.54 bits per heavy atom. The number of hydrogen-bond donors (Lipinski definition) is 3. The molecule has 4 aromatic rings. The number of amides is 2. The summed E-state index contributed by atoms with van der Waals surface area (Å²) in [4.78, 5) is 31.4. The SMILES string of the molecule is NCCC(=O)N(CCc1c[nH]c2cc(F)ccc12)C(C(=O)Nc1ccccc1)c1ccccc1Cl. The fourth-order valence-corrected chi connectivity index (χ4v) is 4.39. The third-order valence-corrected chi connectivity index (χ3v) is 6.18. The third-order valence-electron chi connectivity index (χ3n) is 5.83. The van der Waals surface area contributed by atoms with Gasteiger partial charge >= 0.3 is 0 Å². The molecule has 4 rings (SSSR count). The Balaban J connectivity index is 1.69. The number of hydrogen-bond acceptors (Lipinski definition) is 3. The largest absolute Gasteiger partial charge is 0.361 e. The first kappa shape index (κ1) is 24.4. The number of carbonyl (C=O) groups excluding carboxylic acids is 2. The van der Waals surface area contributed by atoms with Crippen LogP contribution >= 0.6 is 11.6 Å². The van der Waals surface area contributed by atoms with Crippen molar-refractivity contribution in [1.82, 2.24) is 9.88 Å². The molecule has 0 fully saturated rings. The molecule has 35 heavy (non-hydrogen) atoms. The summed E-state index contributed by atoms with van der Waals surface area (Å²) in [5, 5.41) is 4.15. The lowest BCUT2D eigenvalue weighted by atomic mass is 10.0. The zero-order valence-corrected chi connectivity index (χ0v) is 19.8. The Kier molecular flexibility index (Phi) is 7.80. The number of anilines is 1. The minimum atomic E-state index is -0.967. The van der Waals surface area contributed by atoms with Gasteiger partial charge in [-0.25, -0.2) is 4.39 Å². The Bertz CT molecular complexity index is 1330. The highest BCUT2D eigenvalue weighted by Crippen LogP contribution is 2.30. The Hall–Kier alpha value is -3.68. The van der Waals surface area contributed by atoms with Crippen molar-refractivity contribution in [3.63, 3.8) is 0 Å².